The third kappa shape index (κ3) is 4.14. The van der Waals surface area contributed by atoms with Crippen LogP contribution in [0.1, 0.15) is 33.1 Å². The number of carbonyl (C=O) groups is 1. The second-order valence-electron chi connectivity index (χ2n) is 6.20. The van der Waals surface area contributed by atoms with Gasteiger partial charge in [0.2, 0.25) is 5.91 Å². The molecule has 0 aromatic heterocycles. The fourth-order valence-corrected chi connectivity index (χ4v) is 3.13. The summed E-state index contributed by atoms with van der Waals surface area (Å²) in [7, 11) is 2.12. The van der Waals surface area contributed by atoms with Gasteiger partial charge in [0.05, 0.1) is 6.04 Å². The van der Waals surface area contributed by atoms with Crippen molar-refractivity contribution in [2.75, 3.05) is 7.05 Å². The lowest BCUT2D eigenvalue weighted by molar-refractivity contribution is 0.100. The molecule has 0 aliphatic rings. The van der Waals surface area contributed by atoms with Crippen molar-refractivity contribution in [3.8, 4) is 0 Å². The maximum atomic E-state index is 11.2. The SMILES string of the molecule is CN(Cc1ccc(C(N)=O)cc1)C(c1ccccc1)c1ccccc1. The lowest BCUT2D eigenvalue weighted by Crippen LogP contribution is -2.25. The zero-order chi connectivity index (χ0) is 17.6. The van der Waals surface area contributed by atoms with Crippen molar-refractivity contribution in [2.24, 2.45) is 5.73 Å². The minimum absolute atomic E-state index is 0.165. The molecule has 25 heavy (non-hydrogen) atoms. The van der Waals surface area contributed by atoms with E-state index in [2.05, 4.69) is 60.5 Å². The van der Waals surface area contributed by atoms with Gasteiger partial charge in [0, 0.05) is 12.1 Å². The standard InChI is InChI=1S/C22H22N2O/c1-24(16-17-12-14-20(15-13-17)22(23)25)21(18-8-4-2-5-9-18)19-10-6-3-7-11-19/h2-15,21H,16H2,1H3,(H2,23,25). The third-order valence-corrected chi connectivity index (χ3v) is 4.34. The molecule has 3 rings (SSSR count). The van der Waals surface area contributed by atoms with E-state index in [0.717, 1.165) is 12.1 Å². The summed E-state index contributed by atoms with van der Waals surface area (Å²) in [6.07, 6.45) is 0. The van der Waals surface area contributed by atoms with Crippen LogP contribution in [-0.4, -0.2) is 17.9 Å². The van der Waals surface area contributed by atoms with Gasteiger partial charge in [-0.05, 0) is 35.9 Å². The highest BCUT2D eigenvalue weighted by molar-refractivity contribution is 5.92. The molecule has 0 bridgehead atoms. The Morgan fingerprint density at radius 1 is 0.840 bits per heavy atom. The minimum atomic E-state index is -0.397. The number of nitrogens with zero attached hydrogens (tertiary/aromatic N) is 1. The molecular weight excluding hydrogens is 308 g/mol. The molecule has 3 aromatic carbocycles. The highest BCUT2D eigenvalue weighted by Crippen LogP contribution is 2.28. The summed E-state index contributed by atoms with van der Waals surface area (Å²) in [5, 5.41) is 0. The van der Waals surface area contributed by atoms with E-state index in [1.54, 1.807) is 12.1 Å². The Kier molecular flexibility index (Phi) is 5.26. The molecule has 0 saturated carbocycles. The molecular formula is C22H22N2O. The number of carbonyl (C=O) groups excluding carboxylic acids is 1. The molecule has 0 fully saturated rings. The molecule has 0 aliphatic carbocycles. The fourth-order valence-electron chi connectivity index (χ4n) is 3.13. The molecule has 0 spiro atoms. The first-order valence-corrected chi connectivity index (χ1v) is 8.34. The molecule has 0 saturated heterocycles. The van der Waals surface area contributed by atoms with Crippen molar-refractivity contribution in [1.82, 2.24) is 4.90 Å². The van der Waals surface area contributed by atoms with E-state index in [1.165, 1.54) is 11.1 Å². The predicted octanol–water partition coefficient (Wildman–Crippen LogP) is 4.01. The van der Waals surface area contributed by atoms with Crippen molar-refractivity contribution < 1.29 is 4.79 Å². The van der Waals surface area contributed by atoms with Gasteiger partial charge in [-0.15, -0.1) is 0 Å². The largest absolute Gasteiger partial charge is 0.366 e. The van der Waals surface area contributed by atoms with Gasteiger partial charge in [-0.2, -0.15) is 0 Å². The molecule has 3 heteroatoms. The molecule has 3 nitrogen and oxygen atoms in total. The fraction of sp³-hybridized carbons (Fsp3) is 0.136. The Balaban J connectivity index is 1.87. The molecule has 2 N–H and O–H groups in total. The predicted molar refractivity (Wildman–Crippen MR) is 101 cm³/mol. The maximum absolute atomic E-state index is 11.2. The summed E-state index contributed by atoms with van der Waals surface area (Å²) < 4.78 is 0. The van der Waals surface area contributed by atoms with Crippen LogP contribution in [-0.2, 0) is 6.54 Å². The van der Waals surface area contributed by atoms with E-state index < -0.39 is 5.91 Å². The van der Waals surface area contributed by atoms with Crippen LogP contribution in [0.5, 0.6) is 0 Å². The van der Waals surface area contributed by atoms with Crippen molar-refractivity contribution in [3.63, 3.8) is 0 Å². The average Bonchev–Trinajstić information content (AvgIpc) is 2.64. The smallest absolute Gasteiger partial charge is 0.248 e. The van der Waals surface area contributed by atoms with Crippen molar-refractivity contribution in [2.45, 2.75) is 12.6 Å². The Hall–Kier alpha value is -2.91. The van der Waals surface area contributed by atoms with Crippen LogP contribution in [0.15, 0.2) is 84.9 Å². The van der Waals surface area contributed by atoms with E-state index in [-0.39, 0.29) is 6.04 Å². The lowest BCUT2D eigenvalue weighted by Gasteiger charge is -2.29. The number of benzene rings is 3. The van der Waals surface area contributed by atoms with Crippen molar-refractivity contribution in [1.29, 1.82) is 0 Å². The Morgan fingerprint density at radius 3 is 1.76 bits per heavy atom. The molecule has 0 aliphatic heterocycles. The molecule has 1 amide bonds. The highest BCUT2D eigenvalue weighted by Gasteiger charge is 2.19. The molecule has 0 radical (unpaired) electrons. The van der Waals surface area contributed by atoms with Crippen LogP contribution in [0.2, 0.25) is 0 Å². The van der Waals surface area contributed by atoms with Crippen LogP contribution in [0.25, 0.3) is 0 Å². The van der Waals surface area contributed by atoms with Gasteiger partial charge in [0.25, 0.3) is 0 Å². The summed E-state index contributed by atoms with van der Waals surface area (Å²) in [6, 6.07) is 28.6. The lowest BCUT2D eigenvalue weighted by atomic mass is 9.97. The summed E-state index contributed by atoms with van der Waals surface area (Å²) in [5.41, 5.74) is 9.50. The number of primary amides is 1. The summed E-state index contributed by atoms with van der Waals surface area (Å²) in [6.45, 7) is 0.771. The first-order chi connectivity index (χ1) is 12.1. The van der Waals surface area contributed by atoms with E-state index in [1.807, 2.05) is 24.3 Å². The van der Waals surface area contributed by atoms with Crippen molar-refractivity contribution >= 4 is 5.91 Å². The third-order valence-electron chi connectivity index (χ3n) is 4.34. The quantitative estimate of drug-likeness (QED) is 0.742. The van der Waals surface area contributed by atoms with E-state index >= 15 is 0 Å². The molecule has 3 aromatic rings. The first kappa shape index (κ1) is 16.9. The van der Waals surface area contributed by atoms with Crippen LogP contribution < -0.4 is 5.73 Å². The average molecular weight is 330 g/mol. The van der Waals surface area contributed by atoms with Gasteiger partial charge >= 0.3 is 0 Å². The van der Waals surface area contributed by atoms with Crippen LogP contribution >= 0.6 is 0 Å². The zero-order valence-electron chi connectivity index (χ0n) is 14.3. The summed E-state index contributed by atoms with van der Waals surface area (Å²) in [5.74, 6) is -0.397. The molecule has 126 valence electrons. The summed E-state index contributed by atoms with van der Waals surface area (Å²) >= 11 is 0. The number of nitrogens with two attached hydrogens (primary N) is 1. The van der Waals surface area contributed by atoms with Crippen LogP contribution in [0.3, 0.4) is 0 Å². The molecule has 0 unspecified atom stereocenters. The number of hydrogen-bond acceptors (Lipinski definition) is 2. The number of amides is 1. The van der Waals surface area contributed by atoms with Crippen LogP contribution in [0, 0.1) is 0 Å². The van der Waals surface area contributed by atoms with E-state index in [9.17, 15) is 4.79 Å². The van der Waals surface area contributed by atoms with E-state index in [4.69, 9.17) is 5.73 Å². The Bertz CT molecular complexity index is 774. The maximum Gasteiger partial charge on any atom is 0.248 e. The van der Waals surface area contributed by atoms with Gasteiger partial charge in [-0.1, -0.05) is 72.8 Å². The topological polar surface area (TPSA) is 46.3 Å². The first-order valence-electron chi connectivity index (χ1n) is 8.34. The second kappa shape index (κ2) is 7.77. The number of hydrogen-bond donors (Lipinski definition) is 1. The van der Waals surface area contributed by atoms with Crippen LogP contribution in [0.4, 0.5) is 0 Å². The van der Waals surface area contributed by atoms with Gasteiger partial charge in [0.15, 0.2) is 0 Å². The molecule has 0 heterocycles. The summed E-state index contributed by atoms with van der Waals surface area (Å²) in [4.78, 5) is 13.5. The van der Waals surface area contributed by atoms with E-state index in [0.29, 0.717) is 5.56 Å². The number of rotatable bonds is 6. The Morgan fingerprint density at radius 2 is 1.32 bits per heavy atom. The zero-order valence-corrected chi connectivity index (χ0v) is 14.3. The van der Waals surface area contributed by atoms with Gasteiger partial charge < -0.3 is 5.73 Å². The highest BCUT2D eigenvalue weighted by atomic mass is 16.1. The van der Waals surface area contributed by atoms with Gasteiger partial charge in [-0.3, -0.25) is 9.69 Å². The molecule has 0 atom stereocenters. The monoisotopic (exact) mass is 330 g/mol. The second-order valence-corrected chi connectivity index (χ2v) is 6.20. The van der Waals surface area contributed by atoms with Gasteiger partial charge in [-0.25, -0.2) is 0 Å². The normalized spacial score (nSPS) is 11.0. The van der Waals surface area contributed by atoms with Gasteiger partial charge in [0.1, 0.15) is 0 Å². The minimum Gasteiger partial charge on any atom is -0.366 e. The van der Waals surface area contributed by atoms with Crippen molar-refractivity contribution in [3.05, 3.63) is 107 Å². The Labute approximate surface area is 148 Å².